The molecule has 2 aromatic rings. The van der Waals surface area contributed by atoms with Gasteiger partial charge in [-0.15, -0.1) is 0 Å². The summed E-state index contributed by atoms with van der Waals surface area (Å²) in [6, 6.07) is 7.69. The fraction of sp³-hybridized carbons (Fsp3) is 0.167. The van der Waals surface area contributed by atoms with Crippen LogP contribution in [0.4, 0.5) is 8.78 Å². The van der Waals surface area contributed by atoms with E-state index in [2.05, 4.69) is 31.9 Å². The first kappa shape index (κ1) is 12.8. The first-order chi connectivity index (χ1) is 8.08. The van der Waals surface area contributed by atoms with Crippen molar-refractivity contribution in [2.45, 2.75) is 11.2 Å². The summed E-state index contributed by atoms with van der Waals surface area (Å²) in [7, 11) is 0. The number of halogens is 4. The van der Waals surface area contributed by atoms with E-state index in [1.807, 2.05) is 0 Å². The number of hydrogen-bond acceptors (Lipinski definition) is 1. The molecule has 0 saturated heterocycles. The molecule has 1 aromatic heterocycles. The SMILES string of the molecule is Fc1cccc(CC(Br)c2ccc(Br)o2)c1F. The van der Waals surface area contributed by atoms with E-state index in [0.717, 1.165) is 6.07 Å². The topological polar surface area (TPSA) is 13.1 Å². The second kappa shape index (κ2) is 5.31. The monoisotopic (exact) mass is 364 g/mol. The molecule has 1 aromatic carbocycles. The molecule has 1 heterocycles. The molecule has 5 heteroatoms. The van der Waals surface area contributed by atoms with Crippen LogP contribution in [0.5, 0.6) is 0 Å². The second-order valence-corrected chi connectivity index (χ2v) is 5.41. The molecule has 0 aliphatic carbocycles. The van der Waals surface area contributed by atoms with Crippen LogP contribution in [0.15, 0.2) is 39.4 Å². The van der Waals surface area contributed by atoms with Crippen molar-refractivity contribution in [1.82, 2.24) is 0 Å². The quantitative estimate of drug-likeness (QED) is 0.697. The Kier molecular flexibility index (Phi) is 3.99. The van der Waals surface area contributed by atoms with Crippen LogP contribution in [0.1, 0.15) is 16.2 Å². The van der Waals surface area contributed by atoms with Gasteiger partial charge in [-0.2, -0.15) is 0 Å². The predicted molar refractivity (Wildman–Crippen MR) is 68.1 cm³/mol. The Morgan fingerprint density at radius 3 is 2.59 bits per heavy atom. The maximum atomic E-state index is 13.4. The predicted octanol–water partition coefficient (Wildman–Crippen LogP) is 5.00. The highest BCUT2D eigenvalue weighted by molar-refractivity contribution is 9.10. The standard InChI is InChI=1S/C12H8Br2F2O/c13-8(10-4-5-11(14)17-10)6-7-2-1-3-9(15)12(7)16/h1-5,8H,6H2. The molecule has 0 spiro atoms. The molecule has 0 amide bonds. The Balaban J connectivity index is 2.18. The van der Waals surface area contributed by atoms with Crippen molar-refractivity contribution in [3.05, 3.63) is 58.0 Å². The molecule has 90 valence electrons. The third kappa shape index (κ3) is 2.96. The van der Waals surface area contributed by atoms with Crippen LogP contribution in [-0.4, -0.2) is 0 Å². The van der Waals surface area contributed by atoms with Crippen LogP contribution in [0.3, 0.4) is 0 Å². The summed E-state index contributed by atoms with van der Waals surface area (Å²) in [5.41, 5.74) is 0.319. The summed E-state index contributed by atoms with van der Waals surface area (Å²) in [5, 5.41) is 0. The Morgan fingerprint density at radius 2 is 1.94 bits per heavy atom. The smallest absolute Gasteiger partial charge is 0.169 e. The highest BCUT2D eigenvalue weighted by atomic mass is 79.9. The molecule has 0 N–H and O–H groups in total. The Bertz CT molecular complexity index is 525. The zero-order valence-corrected chi connectivity index (χ0v) is 11.8. The molecular weight excluding hydrogens is 358 g/mol. The Labute approximate surface area is 114 Å². The lowest BCUT2D eigenvalue weighted by molar-refractivity contribution is 0.475. The van der Waals surface area contributed by atoms with Crippen LogP contribution >= 0.6 is 31.9 Å². The molecule has 1 nitrogen and oxygen atoms in total. The minimum Gasteiger partial charge on any atom is -0.453 e. The van der Waals surface area contributed by atoms with E-state index < -0.39 is 11.6 Å². The minimum absolute atomic E-state index is 0.190. The van der Waals surface area contributed by atoms with Crippen molar-refractivity contribution in [1.29, 1.82) is 0 Å². The van der Waals surface area contributed by atoms with E-state index >= 15 is 0 Å². The maximum absolute atomic E-state index is 13.4. The highest BCUT2D eigenvalue weighted by Crippen LogP contribution is 2.31. The van der Waals surface area contributed by atoms with E-state index in [9.17, 15) is 8.78 Å². The zero-order chi connectivity index (χ0) is 12.4. The van der Waals surface area contributed by atoms with Gasteiger partial charge in [-0.1, -0.05) is 28.1 Å². The number of hydrogen-bond donors (Lipinski definition) is 0. The van der Waals surface area contributed by atoms with Gasteiger partial charge in [-0.25, -0.2) is 8.78 Å². The van der Waals surface area contributed by atoms with Crippen molar-refractivity contribution in [2.24, 2.45) is 0 Å². The number of alkyl halides is 1. The molecule has 0 aliphatic heterocycles. The first-order valence-electron chi connectivity index (χ1n) is 4.90. The molecule has 0 fully saturated rings. The van der Waals surface area contributed by atoms with Gasteiger partial charge in [0, 0.05) is 0 Å². The van der Waals surface area contributed by atoms with E-state index in [4.69, 9.17) is 4.42 Å². The largest absolute Gasteiger partial charge is 0.453 e. The van der Waals surface area contributed by atoms with Gasteiger partial charge in [0.15, 0.2) is 16.3 Å². The van der Waals surface area contributed by atoms with Crippen molar-refractivity contribution < 1.29 is 13.2 Å². The molecule has 17 heavy (non-hydrogen) atoms. The fourth-order valence-electron chi connectivity index (χ4n) is 1.50. The van der Waals surface area contributed by atoms with Crippen LogP contribution in [0, 0.1) is 11.6 Å². The molecular formula is C12H8Br2F2O. The van der Waals surface area contributed by atoms with Gasteiger partial charge in [-0.3, -0.25) is 0 Å². The normalized spacial score (nSPS) is 12.7. The lowest BCUT2D eigenvalue weighted by atomic mass is 10.1. The number of benzene rings is 1. The van der Waals surface area contributed by atoms with E-state index in [1.54, 1.807) is 18.2 Å². The van der Waals surface area contributed by atoms with E-state index in [-0.39, 0.29) is 4.83 Å². The third-order valence-corrected chi connectivity index (χ3v) is 3.53. The van der Waals surface area contributed by atoms with Crippen LogP contribution < -0.4 is 0 Å². The number of furan rings is 1. The summed E-state index contributed by atoms with van der Waals surface area (Å²) in [6.45, 7) is 0. The molecule has 0 saturated carbocycles. The summed E-state index contributed by atoms with van der Waals surface area (Å²) in [5.74, 6) is -0.967. The van der Waals surface area contributed by atoms with E-state index in [0.29, 0.717) is 22.4 Å². The minimum atomic E-state index is -0.831. The Morgan fingerprint density at radius 1 is 1.18 bits per heavy atom. The zero-order valence-electron chi connectivity index (χ0n) is 8.59. The average molecular weight is 366 g/mol. The summed E-state index contributed by atoms with van der Waals surface area (Å²) in [4.78, 5) is -0.190. The lowest BCUT2D eigenvalue weighted by Gasteiger charge is -2.08. The summed E-state index contributed by atoms with van der Waals surface area (Å²) >= 11 is 6.58. The first-order valence-corrected chi connectivity index (χ1v) is 6.61. The van der Waals surface area contributed by atoms with Gasteiger partial charge in [0.25, 0.3) is 0 Å². The molecule has 1 atom stereocenters. The molecule has 1 unspecified atom stereocenters. The van der Waals surface area contributed by atoms with Gasteiger partial charge >= 0.3 is 0 Å². The third-order valence-electron chi connectivity index (χ3n) is 2.33. The van der Waals surface area contributed by atoms with Gasteiger partial charge in [-0.05, 0) is 46.1 Å². The van der Waals surface area contributed by atoms with Gasteiger partial charge < -0.3 is 4.42 Å². The lowest BCUT2D eigenvalue weighted by Crippen LogP contribution is -1.99. The van der Waals surface area contributed by atoms with Gasteiger partial charge in [0.1, 0.15) is 5.76 Å². The molecule has 2 rings (SSSR count). The van der Waals surface area contributed by atoms with Crippen LogP contribution in [-0.2, 0) is 6.42 Å². The van der Waals surface area contributed by atoms with Gasteiger partial charge in [0.2, 0.25) is 0 Å². The van der Waals surface area contributed by atoms with Gasteiger partial charge in [0.05, 0.1) is 4.83 Å². The maximum Gasteiger partial charge on any atom is 0.169 e. The summed E-state index contributed by atoms with van der Waals surface area (Å²) in [6.07, 6.45) is 0.323. The van der Waals surface area contributed by atoms with Crippen molar-refractivity contribution in [3.8, 4) is 0 Å². The highest BCUT2D eigenvalue weighted by Gasteiger charge is 2.16. The van der Waals surface area contributed by atoms with Crippen LogP contribution in [0.25, 0.3) is 0 Å². The average Bonchev–Trinajstić information content (AvgIpc) is 2.72. The number of rotatable bonds is 3. The molecule has 0 aliphatic rings. The van der Waals surface area contributed by atoms with Crippen molar-refractivity contribution in [3.63, 3.8) is 0 Å². The molecule has 0 radical (unpaired) electrons. The second-order valence-electron chi connectivity index (χ2n) is 3.53. The van der Waals surface area contributed by atoms with Crippen LogP contribution in [0.2, 0.25) is 0 Å². The summed E-state index contributed by atoms with van der Waals surface area (Å²) < 4.78 is 32.4. The van der Waals surface area contributed by atoms with Crippen molar-refractivity contribution >= 4 is 31.9 Å². The fourth-order valence-corrected chi connectivity index (χ4v) is 2.41. The Hall–Kier alpha value is -0.680. The van der Waals surface area contributed by atoms with Crippen molar-refractivity contribution in [2.75, 3.05) is 0 Å². The van der Waals surface area contributed by atoms with E-state index in [1.165, 1.54) is 6.07 Å². The molecule has 0 bridgehead atoms.